The van der Waals surface area contributed by atoms with Crippen LogP contribution in [0, 0.1) is 0 Å². The van der Waals surface area contributed by atoms with E-state index in [0.717, 1.165) is 6.42 Å². The second-order valence-corrected chi connectivity index (χ2v) is 3.30. The average molecular weight is 185 g/mol. The third kappa shape index (κ3) is 2.72. The van der Waals surface area contributed by atoms with Crippen LogP contribution in [0.3, 0.4) is 0 Å². The van der Waals surface area contributed by atoms with Crippen LogP contribution in [-0.4, -0.2) is 44.3 Å². The van der Waals surface area contributed by atoms with Crippen molar-refractivity contribution in [3.8, 4) is 0 Å². The molecule has 0 aromatic rings. The Labute approximate surface area is 79.1 Å². The summed E-state index contributed by atoms with van der Waals surface area (Å²) in [5.41, 5.74) is 5.34. The molecule has 3 N–H and O–H groups in total. The Morgan fingerprint density at radius 3 is 3.00 bits per heavy atom. The molecule has 0 unspecified atom stereocenters. The summed E-state index contributed by atoms with van der Waals surface area (Å²) in [5, 5.41) is 8.97. The summed E-state index contributed by atoms with van der Waals surface area (Å²) in [4.78, 5) is 0. The maximum absolute atomic E-state index is 8.97. The second-order valence-electron chi connectivity index (χ2n) is 3.30. The molecule has 1 heterocycles. The van der Waals surface area contributed by atoms with Gasteiger partial charge in [-0.1, -0.05) is 6.58 Å². The molecule has 1 rings (SSSR count). The van der Waals surface area contributed by atoms with Gasteiger partial charge in [-0.15, -0.1) is 0 Å². The lowest BCUT2D eigenvalue weighted by atomic mass is 9.96. The monoisotopic (exact) mass is 185 g/mol. The lowest BCUT2D eigenvalue weighted by Crippen LogP contribution is -2.28. The summed E-state index contributed by atoms with van der Waals surface area (Å²) in [7, 11) is 1.96. The highest BCUT2D eigenvalue weighted by Crippen LogP contribution is 2.22. The zero-order valence-corrected chi connectivity index (χ0v) is 7.90. The quantitative estimate of drug-likeness (QED) is 0.417. The Bertz CT molecular complexity index is 188. The molecule has 3 atom stereocenters. The van der Waals surface area contributed by atoms with Crippen LogP contribution in [0.15, 0.2) is 12.3 Å². The Kier molecular flexibility index (Phi) is 3.78. The molecule has 1 aliphatic heterocycles. The predicted molar refractivity (Wildman–Crippen MR) is 52.0 cm³/mol. The summed E-state index contributed by atoms with van der Waals surface area (Å²) in [6.07, 6.45) is 0.443. The van der Waals surface area contributed by atoms with E-state index in [2.05, 4.69) is 6.58 Å². The van der Waals surface area contributed by atoms with Crippen LogP contribution in [-0.2, 0) is 9.47 Å². The molecule has 1 saturated heterocycles. The van der Waals surface area contributed by atoms with E-state index in [1.54, 1.807) is 0 Å². The van der Waals surface area contributed by atoms with E-state index >= 15 is 0 Å². The topological polar surface area (TPSA) is 64.7 Å². The molecule has 1 aliphatic rings. The van der Waals surface area contributed by atoms with Gasteiger partial charge in [0.25, 0.3) is 0 Å². The third-order valence-corrected chi connectivity index (χ3v) is 2.11. The zero-order chi connectivity index (χ0) is 9.84. The Morgan fingerprint density at radius 1 is 1.77 bits per heavy atom. The summed E-state index contributed by atoms with van der Waals surface area (Å²) in [5.74, 6) is 0.543. The smallest absolute Gasteiger partial charge is 0.139 e. The minimum Gasteiger partial charge on any atom is -0.491 e. The molecule has 0 saturated carbocycles. The van der Waals surface area contributed by atoms with Crippen molar-refractivity contribution >= 4 is 7.85 Å². The molecule has 0 aromatic carbocycles. The normalized spacial score (nSPS) is 33.2. The van der Waals surface area contributed by atoms with Gasteiger partial charge in [0, 0.05) is 12.4 Å². The maximum Gasteiger partial charge on any atom is 0.139 e. The van der Waals surface area contributed by atoms with Gasteiger partial charge in [0.15, 0.2) is 0 Å². The fraction of sp³-hybridized carbons (Fsp3) is 0.750. The van der Waals surface area contributed by atoms with Crippen LogP contribution in [0.25, 0.3) is 0 Å². The second kappa shape index (κ2) is 4.65. The van der Waals surface area contributed by atoms with E-state index in [-0.39, 0.29) is 24.8 Å². The Morgan fingerprint density at radius 2 is 2.46 bits per heavy atom. The molecule has 4 nitrogen and oxygen atoms in total. The number of aliphatic hydroxyl groups is 1. The highest BCUT2D eigenvalue weighted by molar-refractivity contribution is 6.11. The van der Waals surface area contributed by atoms with E-state index in [1.807, 2.05) is 7.85 Å². The standard InChI is InChI=1S/C8H16BNO3/c1-5(3-10)12-6-2-8(9)13-7(6)4-11/h6-8,11H,1-4,9-10H2/t6-,7-,8-/m0/s1. The van der Waals surface area contributed by atoms with Gasteiger partial charge in [-0.2, -0.15) is 0 Å². The zero-order valence-electron chi connectivity index (χ0n) is 7.90. The average Bonchev–Trinajstić information content (AvgIpc) is 2.46. The molecule has 0 aromatic heterocycles. The van der Waals surface area contributed by atoms with Crippen molar-refractivity contribution in [3.63, 3.8) is 0 Å². The minimum absolute atomic E-state index is 0.0210. The molecule has 5 heteroatoms. The van der Waals surface area contributed by atoms with Crippen molar-refractivity contribution in [2.75, 3.05) is 13.2 Å². The molecule has 0 bridgehead atoms. The van der Waals surface area contributed by atoms with E-state index < -0.39 is 0 Å². The van der Waals surface area contributed by atoms with Crippen molar-refractivity contribution in [3.05, 3.63) is 12.3 Å². The minimum atomic E-state index is -0.238. The largest absolute Gasteiger partial charge is 0.491 e. The summed E-state index contributed by atoms with van der Waals surface area (Å²) < 4.78 is 10.8. The van der Waals surface area contributed by atoms with Crippen LogP contribution in [0.5, 0.6) is 0 Å². The number of nitrogens with two attached hydrogens (primary N) is 1. The Balaban J connectivity index is 2.43. The van der Waals surface area contributed by atoms with Crippen molar-refractivity contribution in [2.45, 2.75) is 24.6 Å². The van der Waals surface area contributed by atoms with Crippen molar-refractivity contribution in [1.82, 2.24) is 0 Å². The highest BCUT2D eigenvalue weighted by atomic mass is 16.6. The maximum atomic E-state index is 8.97. The first kappa shape index (κ1) is 10.6. The first-order chi connectivity index (χ1) is 6.17. The lowest BCUT2D eigenvalue weighted by molar-refractivity contribution is -0.0161. The molecule has 1 fully saturated rings. The van der Waals surface area contributed by atoms with Crippen LogP contribution in [0.2, 0.25) is 0 Å². The van der Waals surface area contributed by atoms with Gasteiger partial charge in [0.1, 0.15) is 25.8 Å². The van der Waals surface area contributed by atoms with Gasteiger partial charge in [-0.3, -0.25) is 0 Å². The van der Waals surface area contributed by atoms with Crippen molar-refractivity contribution in [1.29, 1.82) is 0 Å². The number of aliphatic hydroxyl groups excluding tert-OH is 1. The van der Waals surface area contributed by atoms with E-state index in [0.29, 0.717) is 12.3 Å². The summed E-state index contributed by atoms with van der Waals surface area (Å²) in [6.45, 7) is 3.93. The van der Waals surface area contributed by atoms with Gasteiger partial charge >= 0.3 is 0 Å². The molecule has 0 radical (unpaired) electrons. The summed E-state index contributed by atoms with van der Waals surface area (Å²) in [6, 6.07) is 0.132. The Hall–Kier alpha value is -0.515. The number of hydrogen-bond acceptors (Lipinski definition) is 4. The molecular formula is C8H16BNO3. The molecule has 0 amide bonds. The number of hydrogen-bond donors (Lipinski definition) is 2. The first-order valence-electron chi connectivity index (χ1n) is 4.48. The molecule has 13 heavy (non-hydrogen) atoms. The van der Waals surface area contributed by atoms with Crippen LogP contribution in [0.1, 0.15) is 6.42 Å². The predicted octanol–water partition coefficient (Wildman–Crippen LogP) is -1.42. The molecule has 74 valence electrons. The van der Waals surface area contributed by atoms with Crippen LogP contribution < -0.4 is 5.73 Å². The SMILES string of the molecule is B[C@@H]1C[C@H](OC(=C)CN)[C@H](CO)O1. The molecular weight excluding hydrogens is 169 g/mol. The van der Waals surface area contributed by atoms with Crippen molar-refractivity contribution < 1.29 is 14.6 Å². The fourth-order valence-corrected chi connectivity index (χ4v) is 1.47. The fourth-order valence-electron chi connectivity index (χ4n) is 1.47. The van der Waals surface area contributed by atoms with Gasteiger partial charge in [0.2, 0.25) is 0 Å². The van der Waals surface area contributed by atoms with Gasteiger partial charge < -0.3 is 20.3 Å². The van der Waals surface area contributed by atoms with Crippen molar-refractivity contribution in [2.24, 2.45) is 5.73 Å². The molecule has 0 spiro atoms. The van der Waals surface area contributed by atoms with Gasteiger partial charge in [-0.25, -0.2) is 0 Å². The van der Waals surface area contributed by atoms with E-state index in [9.17, 15) is 0 Å². The van der Waals surface area contributed by atoms with Gasteiger partial charge in [0.05, 0.1) is 13.2 Å². The van der Waals surface area contributed by atoms with Crippen LogP contribution >= 0.6 is 0 Å². The van der Waals surface area contributed by atoms with Crippen LogP contribution in [0.4, 0.5) is 0 Å². The van der Waals surface area contributed by atoms with E-state index in [1.165, 1.54) is 0 Å². The highest BCUT2D eigenvalue weighted by Gasteiger charge is 2.33. The number of ether oxygens (including phenoxy) is 2. The molecule has 0 aliphatic carbocycles. The first-order valence-corrected chi connectivity index (χ1v) is 4.48. The summed E-state index contributed by atoms with van der Waals surface area (Å²) >= 11 is 0. The van der Waals surface area contributed by atoms with E-state index in [4.69, 9.17) is 20.3 Å². The third-order valence-electron chi connectivity index (χ3n) is 2.11. The van der Waals surface area contributed by atoms with Gasteiger partial charge in [-0.05, 0) is 0 Å². The lowest BCUT2D eigenvalue weighted by Gasteiger charge is -2.18. The number of rotatable bonds is 4.